The van der Waals surface area contributed by atoms with Gasteiger partial charge in [0.2, 0.25) is 5.43 Å². The second kappa shape index (κ2) is 11.3. The Labute approximate surface area is 206 Å². The zero-order valence-corrected chi connectivity index (χ0v) is 20.8. The molecule has 0 aliphatic heterocycles. The number of amides is 1. The molecule has 178 valence electrons. The maximum atomic E-state index is 13.0. The first kappa shape index (κ1) is 25.5. The summed E-state index contributed by atoms with van der Waals surface area (Å²) in [6.45, 7) is 6.37. The van der Waals surface area contributed by atoms with Gasteiger partial charge in [0, 0.05) is 24.3 Å². The van der Waals surface area contributed by atoms with E-state index in [2.05, 4.69) is 17.2 Å². The Bertz CT molecular complexity index is 1320. The van der Waals surface area contributed by atoms with Crippen molar-refractivity contribution in [2.24, 2.45) is 11.7 Å². The lowest BCUT2D eigenvalue weighted by Crippen LogP contribution is -2.37. The van der Waals surface area contributed by atoms with Gasteiger partial charge < -0.3 is 20.4 Å². The van der Waals surface area contributed by atoms with E-state index >= 15 is 0 Å². The van der Waals surface area contributed by atoms with Crippen LogP contribution < -0.4 is 16.5 Å². The lowest BCUT2D eigenvalue weighted by molar-refractivity contribution is -0.144. The third-order valence-corrected chi connectivity index (χ3v) is 6.53. The zero-order valence-electron chi connectivity index (χ0n) is 19.2. The Morgan fingerprint density at radius 2 is 1.97 bits per heavy atom. The summed E-state index contributed by atoms with van der Waals surface area (Å²) in [4.78, 5) is 39.0. The van der Waals surface area contributed by atoms with Crippen molar-refractivity contribution in [3.63, 3.8) is 0 Å². The largest absolute Gasteiger partial charge is 0.451 e. The van der Waals surface area contributed by atoms with Crippen molar-refractivity contribution in [2.75, 3.05) is 6.61 Å². The molecule has 9 heteroatoms. The van der Waals surface area contributed by atoms with E-state index < -0.39 is 17.9 Å². The first-order valence-electron chi connectivity index (χ1n) is 10.8. The molecule has 3 rings (SSSR count). The maximum absolute atomic E-state index is 13.0. The molecular formula is C25H26ClN3O4S. The number of benzene rings is 1. The average Bonchev–Trinajstić information content (AvgIpc) is 3.25. The molecule has 0 radical (unpaired) electrons. The molecule has 3 N–H and O–H groups in total. The molecular weight excluding hydrogens is 474 g/mol. The smallest absolute Gasteiger partial charge is 0.324 e. The van der Waals surface area contributed by atoms with Crippen LogP contribution in [-0.2, 0) is 22.6 Å². The number of hydrogen-bond donors (Lipinski definition) is 2. The summed E-state index contributed by atoms with van der Waals surface area (Å²) < 4.78 is 6.94. The van der Waals surface area contributed by atoms with Gasteiger partial charge in [-0.25, -0.2) is 0 Å². The van der Waals surface area contributed by atoms with Crippen molar-refractivity contribution < 1.29 is 14.3 Å². The van der Waals surface area contributed by atoms with Gasteiger partial charge in [0.05, 0.1) is 10.3 Å². The molecule has 0 saturated carbocycles. The fraction of sp³-hybridized carbons (Fsp3) is 0.320. The van der Waals surface area contributed by atoms with Crippen molar-refractivity contribution in [3.05, 3.63) is 67.8 Å². The molecule has 2 aromatic heterocycles. The van der Waals surface area contributed by atoms with E-state index in [1.54, 1.807) is 24.4 Å². The number of nitrogens with one attached hydrogen (secondary N) is 1. The predicted molar refractivity (Wildman–Crippen MR) is 135 cm³/mol. The second-order valence-electron chi connectivity index (χ2n) is 7.98. The number of pyridine rings is 1. The molecule has 2 heterocycles. The lowest BCUT2D eigenvalue weighted by atomic mass is 10.1. The molecule has 1 aromatic carbocycles. The van der Waals surface area contributed by atoms with E-state index in [4.69, 9.17) is 22.1 Å². The van der Waals surface area contributed by atoms with Crippen LogP contribution in [0.15, 0.2) is 41.3 Å². The summed E-state index contributed by atoms with van der Waals surface area (Å²) in [6, 6.07) is 8.09. The number of aryl methyl sites for hydroxylation is 1. The van der Waals surface area contributed by atoms with Crippen LogP contribution in [-0.4, -0.2) is 29.1 Å². The molecule has 1 amide bonds. The number of esters is 1. The predicted octanol–water partition coefficient (Wildman–Crippen LogP) is 3.54. The Morgan fingerprint density at radius 3 is 2.62 bits per heavy atom. The number of hydrogen-bond acceptors (Lipinski definition) is 6. The van der Waals surface area contributed by atoms with Gasteiger partial charge >= 0.3 is 5.97 Å². The molecule has 7 nitrogen and oxygen atoms in total. The van der Waals surface area contributed by atoms with Gasteiger partial charge in [0.1, 0.15) is 16.4 Å². The number of carbonyl (C=O) groups is 2. The zero-order chi connectivity index (χ0) is 24.8. The normalized spacial score (nSPS) is 11.7. The summed E-state index contributed by atoms with van der Waals surface area (Å²) in [6.07, 6.45) is 1.57. The third-order valence-electron chi connectivity index (χ3n) is 5.19. The second-order valence-corrected chi connectivity index (χ2v) is 9.44. The number of thiophene rings is 1. The van der Waals surface area contributed by atoms with Crippen LogP contribution in [0.4, 0.5) is 0 Å². The molecule has 1 unspecified atom stereocenters. The fourth-order valence-corrected chi connectivity index (χ4v) is 4.31. The Balaban J connectivity index is 1.78. The monoisotopic (exact) mass is 499 g/mol. The van der Waals surface area contributed by atoms with E-state index in [-0.39, 0.29) is 30.1 Å². The highest BCUT2D eigenvalue weighted by atomic mass is 35.5. The van der Waals surface area contributed by atoms with E-state index in [0.29, 0.717) is 21.8 Å². The quantitative estimate of drug-likeness (QED) is 0.382. The van der Waals surface area contributed by atoms with Gasteiger partial charge in [-0.1, -0.05) is 49.4 Å². The number of carbonyl (C=O) groups excluding carboxylic acids is 2. The van der Waals surface area contributed by atoms with Crippen LogP contribution in [0.5, 0.6) is 0 Å². The van der Waals surface area contributed by atoms with Crippen LogP contribution in [0.3, 0.4) is 0 Å². The summed E-state index contributed by atoms with van der Waals surface area (Å²) in [5.41, 5.74) is 6.34. The number of ether oxygens (including phenoxy) is 1. The minimum Gasteiger partial charge on any atom is -0.451 e. The van der Waals surface area contributed by atoms with Crippen molar-refractivity contribution in [3.8, 4) is 11.8 Å². The van der Waals surface area contributed by atoms with Gasteiger partial charge in [-0.05, 0) is 36.6 Å². The number of nitrogens with zero attached hydrogens (tertiary/aromatic N) is 1. The van der Waals surface area contributed by atoms with Crippen molar-refractivity contribution in [1.82, 2.24) is 9.88 Å². The standard InChI is InChI=1S/C25H26ClN3O4S/c1-4-29-14-20(23(31)28-13-16-7-9-17(26)10-8-16)22(30)19-12-18(34-24(19)29)6-5-11-33-25(32)21(27)15(2)3/h7-10,12,14-15,21H,4,11,13,27H2,1-3H3,(H,28,31). The first-order valence-corrected chi connectivity index (χ1v) is 12.0. The molecule has 0 aliphatic carbocycles. The lowest BCUT2D eigenvalue weighted by Gasteiger charge is -2.12. The highest BCUT2D eigenvalue weighted by Crippen LogP contribution is 2.23. The van der Waals surface area contributed by atoms with E-state index in [9.17, 15) is 14.4 Å². The highest BCUT2D eigenvalue weighted by Gasteiger charge is 2.19. The van der Waals surface area contributed by atoms with Crippen molar-refractivity contribution >= 4 is 45.0 Å². The topological polar surface area (TPSA) is 103 Å². The number of halogens is 1. The van der Waals surface area contributed by atoms with Gasteiger partial charge in [-0.2, -0.15) is 0 Å². The first-order chi connectivity index (χ1) is 16.2. The minimum absolute atomic E-state index is 0.0272. The van der Waals surface area contributed by atoms with Crippen LogP contribution in [0, 0.1) is 17.8 Å². The van der Waals surface area contributed by atoms with Crippen LogP contribution in [0.2, 0.25) is 5.02 Å². The summed E-state index contributed by atoms with van der Waals surface area (Å²) >= 11 is 7.24. The molecule has 0 bridgehead atoms. The number of nitrogens with two attached hydrogens (primary N) is 1. The Morgan fingerprint density at radius 1 is 1.26 bits per heavy atom. The Hall–Kier alpha value is -3.12. The van der Waals surface area contributed by atoms with Crippen LogP contribution in [0.1, 0.15) is 41.6 Å². The number of aromatic nitrogens is 1. The minimum atomic E-state index is -0.693. The van der Waals surface area contributed by atoms with Gasteiger partial charge in [0.15, 0.2) is 6.61 Å². The molecule has 0 spiro atoms. The molecule has 34 heavy (non-hydrogen) atoms. The summed E-state index contributed by atoms with van der Waals surface area (Å²) in [5.74, 6) is 4.73. The van der Waals surface area contributed by atoms with E-state index in [0.717, 1.165) is 10.4 Å². The maximum Gasteiger partial charge on any atom is 0.324 e. The molecule has 1 atom stereocenters. The molecule has 0 aliphatic rings. The van der Waals surface area contributed by atoms with Crippen molar-refractivity contribution in [2.45, 2.75) is 39.9 Å². The average molecular weight is 500 g/mol. The Kier molecular flexibility index (Phi) is 8.51. The third kappa shape index (κ3) is 6.06. The molecule has 3 aromatic rings. The van der Waals surface area contributed by atoms with Gasteiger partial charge in [0.25, 0.3) is 5.91 Å². The SMILES string of the molecule is CCn1cc(C(=O)NCc2ccc(Cl)cc2)c(=O)c2cc(C#CCOC(=O)C(N)C(C)C)sc21. The molecule has 0 fully saturated rings. The highest BCUT2D eigenvalue weighted by molar-refractivity contribution is 7.19. The van der Waals surface area contributed by atoms with E-state index in [1.807, 2.05) is 37.5 Å². The fourth-order valence-electron chi connectivity index (χ4n) is 3.11. The number of fused-ring (bicyclic) bond motifs is 1. The van der Waals surface area contributed by atoms with Crippen LogP contribution in [0.25, 0.3) is 10.2 Å². The van der Waals surface area contributed by atoms with E-state index in [1.165, 1.54) is 11.3 Å². The van der Waals surface area contributed by atoms with Crippen LogP contribution >= 0.6 is 22.9 Å². The molecule has 0 saturated heterocycles. The van der Waals surface area contributed by atoms with Gasteiger partial charge in [-0.15, -0.1) is 11.3 Å². The van der Waals surface area contributed by atoms with Gasteiger partial charge in [-0.3, -0.25) is 14.4 Å². The summed E-state index contributed by atoms with van der Waals surface area (Å²) in [5, 5.41) is 3.83. The summed E-state index contributed by atoms with van der Waals surface area (Å²) in [7, 11) is 0. The number of rotatable bonds is 7. The van der Waals surface area contributed by atoms with Crippen molar-refractivity contribution in [1.29, 1.82) is 0 Å².